The number of unbranched alkanes of at least 4 members (excludes halogenated alkanes) is 1. The lowest BCUT2D eigenvalue weighted by molar-refractivity contribution is -0.137. The van der Waals surface area contributed by atoms with Gasteiger partial charge in [-0.2, -0.15) is 0 Å². The molecule has 0 atom stereocenters. The van der Waals surface area contributed by atoms with E-state index in [1.807, 2.05) is 30.3 Å². The standard InChI is InChI=1S/C30H28O7/c1-4-26(31)34-18-9-10-19-35-29(33)37-24-16-8-6-13-21(24)28(32)36-25-17-11-15-23-27(25)20-12-5-7-14-22(20)30(23,2)3/h4-8,11-17H,1,9-10,18-19H2,2-3H3. The second-order valence-electron chi connectivity index (χ2n) is 9.01. The zero-order valence-electron chi connectivity index (χ0n) is 20.8. The molecule has 1 aliphatic rings. The van der Waals surface area contributed by atoms with E-state index in [0.717, 1.165) is 22.8 Å². The summed E-state index contributed by atoms with van der Waals surface area (Å²) in [6.07, 6.45) is 1.12. The Balaban J connectivity index is 1.43. The lowest BCUT2D eigenvalue weighted by Crippen LogP contribution is -2.17. The van der Waals surface area contributed by atoms with Crippen LogP contribution < -0.4 is 9.47 Å². The molecule has 0 saturated carbocycles. The van der Waals surface area contributed by atoms with Crippen molar-refractivity contribution in [1.82, 2.24) is 0 Å². The molecule has 3 aromatic rings. The van der Waals surface area contributed by atoms with Gasteiger partial charge in [-0.15, -0.1) is 0 Å². The molecular weight excluding hydrogens is 472 g/mol. The molecule has 0 aromatic heterocycles. The summed E-state index contributed by atoms with van der Waals surface area (Å²) < 4.78 is 21.1. The highest BCUT2D eigenvalue weighted by atomic mass is 16.7. The fraction of sp³-hybridized carbons (Fsp3) is 0.233. The average Bonchev–Trinajstić information content (AvgIpc) is 3.14. The molecule has 3 aromatic carbocycles. The lowest BCUT2D eigenvalue weighted by atomic mass is 9.82. The topological polar surface area (TPSA) is 88.1 Å². The van der Waals surface area contributed by atoms with E-state index in [2.05, 4.69) is 26.5 Å². The number of fused-ring (bicyclic) bond motifs is 3. The molecule has 0 aliphatic heterocycles. The van der Waals surface area contributed by atoms with Crippen LogP contribution in [0.5, 0.6) is 11.5 Å². The van der Waals surface area contributed by atoms with Gasteiger partial charge in [-0.05, 0) is 47.7 Å². The van der Waals surface area contributed by atoms with Crippen molar-refractivity contribution in [2.75, 3.05) is 13.2 Å². The maximum Gasteiger partial charge on any atom is 0.513 e. The molecule has 7 nitrogen and oxygen atoms in total. The first-order chi connectivity index (χ1) is 17.8. The molecule has 0 N–H and O–H groups in total. The van der Waals surface area contributed by atoms with Gasteiger partial charge < -0.3 is 18.9 Å². The molecular formula is C30H28O7. The summed E-state index contributed by atoms with van der Waals surface area (Å²) in [5.74, 6) is -0.680. The van der Waals surface area contributed by atoms with Gasteiger partial charge in [0.2, 0.25) is 0 Å². The van der Waals surface area contributed by atoms with E-state index < -0.39 is 18.1 Å². The summed E-state index contributed by atoms with van der Waals surface area (Å²) in [5.41, 5.74) is 4.02. The summed E-state index contributed by atoms with van der Waals surface area (Å²) in [6, 6.07) is 20.1. The van der Waals surface area contributed by atoms with Gasteiger partial charge in [0.05, 0.1) is 13.2 Å². The predicted molar refractivity (Wildman–Crippen MR) is 138 cm³/mol. The SMILES string of the molecule is C=CC(=O)OCCCCOC(=O)Oc1ccccc1C(=O)Oc1cccc2c1-c1ccccc1C2(C)C. The number of hydrogen-bond donors (Lipinski definition) is 0. The number of carbonyl (C=O) groups is 3. The molecule has 0 radical (unpaired) electrons. The van der Waals surface area contributed by atoms with Crippen LogP contribution in [0.2, 0.25) is 0 Å². The minimum absolute atomic E-state index is 0.0331. The third kappa shape index (κ3) is 5.56. The van der Waals surface area contributed by atoms with Gasteiger partial charge >= 0.3 is 18.1 Å². The molecule has 190 valence electrons. The highest BCUT2D eigenvalue weighted by molar-refractivity contribution is 5.96. The van der Waals surface area contributed by atoms with Crippen molar-refractivity contribution >= 4 is 18.1 Å². The van der Waals surface area contributed by atoms with Crippen LogP contribution in [0.1, 0.15) is 48.2 Å². The largest absolute Gasteiger partial charge is 0.513 e. The molecule has 7 heteroatoms. The minimum atomic E-state index is -0.945. The molecule has 0 spiro atoms. The summed E-state index contributed by atoms with van der Waals surface area (Å²) in [5, 5.41) is 0. The molecule has 0 saturated heterocycles. The van der Waals surface area contributed by atoms with Gasteiger partial charge in [0.1, 0.15) is 17.1 Å². The van der Waals surface area contributed by atoms with Gasteiger partial charge in [-0.3, -0.25) is 0 Å². The zero-order valence-corrected chi connectivity index (χ0v) is 20.8. The first-order valence-corrected chi connectivity index (χ1v) is 12.0. The minimum Gasteiger partial charge on any atom is -0.463 e. The van der Waals surface area contributed by atoms with Gasteiger partial charge in [0, 0.05) is 17.1 Å². The van der Waals surface area contributed by atoms with E-state index in [0.29, 0.717) is 18.6 Å². The van der Waals surface area contributed by atoms with Crippen LogP contribution in [0, 0.1) is 0 Å². The van der Waals surface area contributed by atoms with Crippen LogP contribution in [0.25, 0.3) is 11.1 Å². The third-order valence-electron chi connectivity index (χ3n) is 6.24. The van der Waals surface area contributed by atoms with E-state index >= 15 is 0 Å². The maximum absolute atomic E-state index is 13.2. The summed E-state index contributed by atoms with van der Waals surface area (Å²) in [4.78, 5) is 36.4. The smallest absolute Gasteiger partial charge is 0.463 e. The number of carbonyl (C=O) groups excluding carboxylic acids is 3. The highest BCUT2D eigenvalue weighted by Gasteiger charge is 2.37. The number of para-hydroxylation sites is 1. The van der Waals surface area contributed by atoms with Crippen LogP contribution in [-0.2, 0) is 19.7 Å². The molecule has 0 fully saturated rings. The van der Waals surface area contributed by atoms with Gasteiger partial charge in [-0.25, -0.2) is 14.4 Å². The molecule has 4 rings (SSSR count). The van der Waals surface area contributed by atoms with Crippen molar-refractivity contribution in [3.8, 4) is 22.6 Å². The molecule has 0 amide bonds. The molecule has 0 unspecified atom stereocenters. The van der Waals surface area contributed by atoms with E-state index in [9.17, 15) is 14.4 Å². The monoisotopic (exact) mass is 500 g/mol. The Morgan fingerprint density at radius 2 is 1.43 bits per heavy atom. The van der Waals surface area contributed by atoms with Crippen molar-refractivity contribution in [2.24, 2.45) is 0 Å². The van der Waals surface area contributed by atoms with Gasteiger partial charge in [0.25, 0.3) is 0 Å². The Morgan fingerprint density at radius 1 is 0.784 bits per heavy atom. The number of rotatable bonds is 9. The molecule has 1 aliphatic carbocycles. The Morgan fingerprint density at radius 3 is 2.22 bits per heavy atom. The maximum atomic E-state index is 13.2. The van der Waals surface area contributed by atoms with Gasteiger partial charge in [-0.1, -0.05) is 69.0 Å². The first-order valence-electron chi connectivity index (χ1n) is 12.0. The van der Waals surface area contributed by atoms with Crippen LogP contribution in [0.15, 0.2) is 79.4 Å². The Hall–Kier alpha value is -4.39. The van der Waals surface area contributed by atoms with E-state index in [1.54, 1.807) is 18.2 Å². The number of esters is 2. The number of hydrogen-bond acceptors (Lipinski definition) is 7. The second-order valence-corrected chi connectivity index (χ2v) is 9.01. The van der Waals surface area contributed by atoms with Crippen molar-refractivity contribution in [1.29, 1.82) is 0 Å². The lowest BCUT2D eigenvalue weighted by Gasteiger charge is -2.21. The molecule has 0 bridgehead atoms. The predicted octanol–water partition coefficient (Wildman–Crippen LogP) is 6.24. The average molecular weight is 501 g/mol. The summed E-state index contributed by atoms with van der Waals surface area (Å²) in [6.45, 7) is 7.88. The molecule has 37 heavy (non-hydrogen) atoms. The Kier molecular flexibility index (Phi) is 7.72. The van der Waals surface area contributed by atoms with E-state index in [1.165, 1.54) is 17.7 Å². The van der Waals surface area contributed by atoms with Crippen molar-refractivity contribution in [2.45, 2.75) is 32.1 Å². The Labute approximate surface area is 215 Å². The summed E-state index contributed by atoms with van der Waals surface area (Å²) in [7, 11) is 0. The van der Waals surface area contributed by atoms with Crippen LogP contribution in [-0.4, -0.2) is 31.3 Å². The second kappa shape index (κ2) is 11.1. The van der Waals surface area contributed by atoms with Crippen LogP contribution in [0.3, 0.4) is 0 Å². The van der Waals surface area contributed by atoms with E-state index in [-0.39, 0.29) is 29.9 Å². The van der Waals surface area contributed by atoms with E-state index in [4.69, 9.17) is 18.9 Å². The van der Waals surface area contributed by atoms with Gasteiger partial charge in [0.15, 0.2) is 0 Å². The van der Waals surface area contributed by atoms with Crippen LogP contribution >= 0.6 is 0 Å². The van der Waals surface area contributed by atoms with Crippen molar-refractivity contribution < 1.29 is 33.3 Å². The molecule has 0 heterocycles. The Bertz CT molecular complexity index is 1340. The summed E-state index contributed by atoms with van der Waals surface area (Å²) >= 11 is 0. The fourth-order valence-corrected chi connectivity index (χ4v) is 4.40. The normalized spacial score (nSPS) is 12.6. The number of benzene rings is 3. The van der Waals surface area contributed by atoms with Crippen molar-refractivity contribution in [3.05, 3.63) is 96.1 Å². The zero-order chi connectivity index (χ0) is 26.4. The number of ether oxygens (including phenoxy) is 4. The quantitative estimate of drug-likeness (QED) is 0.113. The first kappa shape index (κ1) is 25.7. The van der Waals surface area contributed by atoms with Crippen LogP contribution in [0.4, 0.5) is 4.79 Å². The fourth-order valence-electron chi connectivity index (χ4n) is 4.40. The highest BCUT2D eigenvalue weighted by Crippen LogP contribution is 2.52. The third-order valence-corrected chi connectivity index (χ3v) is 6.24. The van der Waals surface area contributed by atoms with Crippen molar-refractivity contribution in [3.63, 3.8) is 0 Å².